The number of aromatic nitrogens is 2. The van der Waals surface area contributed by atoms with Crippen LogP contribution in [0.3, 0.4) is 0 Å². The lowest BCUT2D eigenvalue weighted by molar-refractivity contribution is 0.0957. The number of carbonyl (C=O) groups excluding carboxylic acids is 1. The van der Waals surface area contributed by atoms with Crippen LogP contribution in [0.5, 0.6) is 0 Å². The van der Waals surface area contributed by atoms with Gasteiger partial charge in [-0.3, -0.25) is 9.59 Å². The average Bonchev–Trinajstić information content (AvgIpc) is 3.15. The summed E-state index contributed by atoms with van der Waals surface area (Å²) in [5.74, 6) is -0.150. The Hall–Kier alpha value is -3.10. The molecule has 1 aliphatic heterocycles. The van der Waals surface area contributed by atoms with Crippen molar-refractivity contribution in [2.75, 3.05) is 18.0 Å². The van der Waals surface area contributed by atoms with E-state index in [4.69, 9.17) is 0 Å². The van der Waals surface area contributed by atoms with Gasteiger partial charge in [0.25, 0.3) is 11.5 Å². The van der Waals surface area contributed by atoms with Crippen molar-refractivity contribution in [1.29, 1.82) is 0 Å². The van der Waals surface area contributed by atoms with Gasteiger partial charge in [0.15, 0.2) is 0 Å². The summed E-state index contributed by atoms with van der Waals surface area (Å²) in [6, 6.07) is 16.8. The molecule has 4 aromatic rings. The van der Waals surface area contributed by atoms with Crippen LogP contribution in [-0.4, -0.2) is 28.5 Å². The largest absolute Gasteiger partial charge is 0.351 e. The van der Waals surface area contributed by atoms with Crippen LogP contribution in [0.4, 0.5) is 11.4 Å². The number of aryl methyl sites for hydroxylation is 2. The fraction of sp³-hybridized carbons (Fsp3) is 0.208. The molecule has 0 fully saturated rings. The van der Waals surface area contributed by atoms with Crippen molar-refractivity contribution in [3.8, 4) is 0 Å². The van der Waals surface area contributed by atoms with Gasteiger partial charge in [-0.2, -0.15) is 0 Å². The summed E-state index contributed by atoms with van der Waals surface area (Å²) >= 11 is 3.06. The first-order valence-electron chi connectivity index (χ1n) is 10.4. The summed E-state index contributed by atoms with van der Waals surface area (Å²) in [5, 5.41) is 3.56. The number of benzene rings is 2. The average molecular weight is 463 g/mol. The molecule has 0 atom stereocenters. The highest BCUT2D eigenvalue weighted by molar-refractivity contribution is 7.99. The Bertz CT molecular complexity index is 1350. The maximum Gasteiger partial charge on any atom is 0.262 e. The van der Waals surface area contributed by atoms with E-state index in [2.05, 4.69) is 63.7 Å². The van der Waals surface area contributed by atoms with Gasteiger partial charge in [-0.15, -0.1) is 11.3 Å². The topological polar surface area (TPSA) is 67.2 Å². The lowest BCUT2D eigenvalue weighted by Gasteiger charge is -2.32. The number of nitrogens with zero attached hydrogens (tertiary/aromatic N) is 3. The molecule has 0 bridgehead atoms. The Morgan fingerprint density at radius 1 is 1.06 bits per heavy atom. The Kier molecular flexibility index (Phi) is 5.48. The summed E-state index contributed by atoms with van der Waals surface area (Å²) in [7, 11) is 1.67. The number of rotatable bonds is 5. The van der Waals surface area contributed by atoms with Crippen molar-refractivity contribution in [2.45, 2.75) is 23.1 Å². The molecule has 0 unspecified atom stereocenters. The zero-order valence-corrected chi connectivity index (χ0v) is 19.4. The van der Waals surface area contributed by atoms with Gasteiger partial charge in [-0.1, -0.05) is 36.0 Å². The monoisotopic (exact) mass is 462 g/mol. The van der Waals surface area contributed by atoms with Gasteiger partial charge < -0.3 is 14.8 Å². The Morgan fingerprint density at radius 3 is 2.41 bits per heavy atom. The van der Waals surface area contributed by atoms with Gasteiger partial charge in [-0.25, -0.2) is 4.98 Å². The van der Waals surface area contributed by atoms with Crippen LogP contribution in [0.1, 0.15) is 21.7 Å². The number of thiophene rings is 1. The first kappa shape index (κ1) is 20.8. The molecule has 0 aliphatic carbocycles. The molecule has 1 aliphatic rings. The van der Waals surface area contributed by atoms with Crippen LogP contribution in [0.15, 0.2) is 69.4 Å². The molecule has 0 saturated carbocycles. The van der Waals surface area contributed by atoms with Gasteiger partial charge in [0, 0.05) is 29.9 Å². The molecule has 3 heterocycles. The van der Waals surface area contributed by atoms with Gasteiger partial charge in [0.05, 0.1) is 28.0 Å². The molecule has 2 aromatic carbocycles. The smallest absolute Gasteiger partial charge is 0.262 e. The van der Waals surface area contributed by atoms with E-state index in [1.807, 2.05) is 6.92 Å². The van der Waals surface area contributed by atoms with Crippen molar-refractivity contribution in [3.63, 3.8) is 0 Å². The third-order valence-corrected chi connectivity index (χ3v) is 7.92. The van der Waals surface area contributed by atoms with Crippen LogP contribution >= 0.6 is 23.1 Å². The summed E-state index contributed by atoms with van der Waals surface area (Å²) < 4.78 is 1.44. The number of anilines is 2. The Morgan fingerprint density at radius 2 is 1.72 bits per heavy atom. The van der Waals surface area contributed by atoms with Gasteiger partial charge >= 0.3 is 0 Å². The minimum atomic E-state index is -0.150. The number of para-hydroxylation sites is 2. The van der Waals surface area contributed by atoms with E-state index >= 15 is 0 Å². The van der Waals surface area contributed by atoms with Crippen molar-refractivity contribution in [1.82, 2.24) is 14.9 Å². The van der Waals surface area contributed by atoms with Crippen molar-refractivity contribution >= 4 is 50.6 Å². The zero-order chi connectivity index (χ0) is 22.2. The third-order valence-electron chi connectivity index (χ3n) is 5.59. The summed E-state index contributed by atoms with van der Waals surface area (Å²) in [5.41, 5.74) is 2.98. The second-order valence-corrected chi connectivity index (χ2v) is 9.78. The summed E-state index contributed by atoms with van der Waals surface area (Å²) in [6.07, 6.45) is 2.29. The number of carbonyl (C=O) groups is 1. The molecule has 1 amide bonds. The highest BCUT2D eigenvalue weighted by Gasteiger charge is 2.23. The lowest BCUT2D eigenvalue weighted by Crippen LogP contribution is -2.29. The molecule has 1 N–H and O–H groups in total. The normalized spacial score (nSPS) is 12.5. The SMILES string of the molecule is Cc1c(C(=O)NCCCN2c3ccccc3Sc3ccccc32)sc2ncn(C)c(=O)c12. The van der Waals surface area contributed by atoms with E-state index in [0.717, 1.165) is 13.0 Å². The number of hydrogen-bond acceptors (Lipinski definition) is 6. The van der Waals surface area contributed by atoms with Crippen LogP contribution < -0.4 is 15.8 Å². The van der Waals surface area contributed by atoms with E-state index < -0.39 is 0 Å². The van der Waals surface area contributed by atoms with E-state index in [1.54, 1.807) is 18.8 Å². The fourth-order valence-corrected chi connectivity index (χ4v) is 6.12. The molecular weight excluding hydrogens is 440 g/mol. The second-order valence-electron chi connectivity index (χ2n) is 7.70. The molecule has 6 nitrogen and oxygen atoms in total. The minimum absolute atomic E-state index is 0.122. The van der Waals surface area contributed by atoms with Crippen LogP contribution in [-0.2, 0) is 7.05 Å². The summed E-state index contributed by atoms with van der Waals surface area (Å²) in [6.45, 7) is 3.16. The number of nitrogens with one attached hydrogen (secondary N) is 1. The highest BCUT2D eigenvalue weighted by Crippen LogP contribution is 2.47. The fourth-order valence-electron chi connectivity index (χ4n) is 3.97. The molecule has 32 heavy (non-hydrogen) atoms. The van der Waals surface area contributed by atoms with Crippen LogP contribution in [0.2, 0.25) is 0 Å². The Balaban J connectivity index is 1.29. The van der Waals surface area contributed by atoms with E-state index in [9.17, 15) is 9.59 Å². The highest BCUT2D eigenvalue weighted by atomic mass is 32.2. The molecule has 5 rings (SSSR count). The van der Waals surface area contributed by atoms with E-state index in [-0.39, 0.29) is 11.5 Å². The molecular formula is C24H22N4O2S2. The zero-order valence-electron chi connectivity index (χ0n) is 17.8. The van der Waals surface area contributed by atoms with Gasteiger partial charge in [0.2, 0.25) is 0 Å². The first-order chi connectivity index (χ1) is 15.5. The first-order valence-corrected chi connectivity index (χ1v) is 12.0. The predicted molar refractivity (Wildman–Crippen MR) is 131 cm³/mol. The van der Waals surface area contributed by atoms with E-state index in [0.29, 0.717) is 27.2 Å². The van der Waals surface area contributed by atoms with Crippen LogP contribution in [0.25, 0.3) is 10.2 Å². The summed E-state index contributed by atoms with van der Waals surface area (Å²) in [4.78, 5) is 35.5. The van der Waals surface area contributed by atoms with Gasteiger partial charge in [-0.05, 0) is 43.2 Å². The maximum atomic E-state index is 12.8. The predicted octanol–water partition coefficient (Wildman–Crippen LogP) is 4.73. The Labute approximate surface area is 193 Å². The molecule has 8 heteroatoms. The number of amides is 1. The third kappa shape index (κ3) is 3.59. The van der Waals surface area contributed by atoms with Gasteiger partial charge in [0.1, 0.15) is 4.83 Å². The van der Waals surface area contributed by atoms with E-state index in [1.165, 1.54) is 43.4 Å². The standard InChI is InChI=1S/C24H22N4O2S2/c1-15-20-23(26-14-27(2)24(20)30)32-21(15)22(29)25-12-7-13-28-16-8-3-5-10-18(16)31-19-11-6-4-9-17(19)28/h3-6,8-11,14H,7,12-13H2,1-2H3,(H,25,29). The quantitative estimate of drug-likeness (QED) is 0.435. The minimum Gasteiger partial charge on any atom is -0.351 e. The molecule has 0 radical (unpaired) electrons. The number of hydrogen-bond donors (Lipinski definition) is 1. The number of fused-ring (bicyclic) bond motifs is 3. The van der Waals surface area contributed by atoms with Crippen molar-refractivity contribution in [2.24, 2.45) is 7.05 Å². The van der Waals surface area contributed by atoms with Crippen molar-refractivity contribution in [3.05, 3.63) is 75.7 Å². The van der Waals surface area contributed by atoms with Crippen molar-refractivity contribution < 1.29 is 4.79 Å². The molecule has 0 saturated heterocycles. The molecule has 162 valence electrons. The maximum absolute atomic E-state index is 12.8. The van der Waals surface area contributed by atoms with Crippen LogP contribution in [0, 0.1) is 6.92 Å². The second kappa shape index (κ2) is 8.44. The molecule has 0 spiro atoms. The molecule has 2 aromatic heterocycles. The lowest BCUT2D eigenvalue weighted by atomic mass is 10.2.